The molecule has 3 rings (SSSR count). The van der Waals surface area contributed by atoms with Gasteiger partial charge >= 0.3 is 0 Å². The number of fused-ring (bicyclic) bond motifs is 1. The van der Waals surface area contributed by atoms with Gasteiger partial charge in [0.1, 0.15) is 12.1 Å². The highest BCUT2D eigenvalue weighted by Crippen LogP contribution is 2.23. The summed E-state index contributed by atoms with van der Waals surface area (Å²) in [5, 5.41) is 8.52. The maximum atomic E-state index is 4.29. The average Bonchev–Trinajstić information content (AvgIpc) is 2.92. The number of anilines is 1. The number of hydrogen-bond donors (Lipinski definition) is 1. The Morgan fingerprint density at radius 1 is 1.32 bits per heavy atom. The fraction of sp³-hybridized carbons (Fsp3) is 0.308. The van der Waals surface area contributed by atoms with Crippen molar-refractivity contribution in [3.63, 3.8) is 0 Å². The second-order valence-electron chi connectivity index (χ2n) is 4.53. The van der Waals surface area contributed by atoms with Gasteiger partial charge in [-0.2, -0.15) is 5.10 Å². The number of rotatable bonds is 3. The van der Waals surface area contributed by atoms with E-state index in [1.54, 1.807) is 17.2 Å². The predicted molar refractivity (Wildman–Crippen MR) is 77.4 cm³/mol. The third-order valence-electron chi connectivity index (χ3n) is 3.18. The van der Waals surface area contributed by atoms with Crippen molar-refractivity contribution in [3.8, 4) is 0 Å². The Bertz CT molecular complexity index is 708. The van der Waals surface area contributed by atoms with Crippen LogP contribution in [-0.2, 0) is 13.6 Å². The number of nitrogens with zero attached hydrogens (tertiary/aromatic N) is 4. The molecule has 0 aromatic carbocycles. The molecule has 1 N–H and O–H groups in total. The Balaban J connectivity index is 1.85. The van der Waals surface area contributed by atoms with Gasteiger partial charge in [-0.05, 0) is 25.5 Å². The quantitative estimate of drug-likeness (QED) is 0.797. The van der Waals surface area contributed by atoms with Crippen molar-refractivity contribution in [1.82, 2.24) is 19.7 Å². The third-order valence-corrected chi connectivity index (χ3v) is 4.33. The molecule has 3 heterocycles. The molecule has 0 fully saturated rings. The fourth-order valence-electron chi connectivity index (χ4n) is 2.01. The normalized spacial score (nSPS) is 11.1. The van der Waals surface area contributed by atoms with E-state index in [1.165, 1.54) is 15.3 Å². The van der Waals surface area contributed by atoms with E-state index in [4.69, 9.17) is 0 Å². The highest BCUT2D eigenvalue weighted by molar-refractivity contribution is 7.12. The van der Waals surface area contributed by atoms with Gasteiger partial charge in [0.05, 0.1) is 18.1 Å². The number of aryl methyl sites for hydroxylation is 3. The first-order chi connectivity index (χ1) is 9.15. The number of hydrogen-bond acceptors (Lipinski definition) is 5. The largest absolute Gasteiger partial charge is 0.364 e. The van der Waals surface area contributed by atoms with Gasteiger partial charge in [-0.1, -0.05) is 0 Å². The third kappa shape index (κ3) is 2.19. The van der Waals surface area contributed by atoms with E-state index in [2.05, 4.69) is 40.3 Å². The summed E-state index contributed by atoms with van der Waals surface area (Å²) in [6, 6.07) is 2.22. The summed E-state index contributed by atoms with van der Waals surface area (Å²) in [5.41, 5.74) is 2.19. The maximum absolute atomic E-state index is 4.29. The lowest BCUT2D eigenvalue weighted by Gasteiger charge is -2.04. The Morgan fingerprint density at radius 2 is 2.16 bits per heavy atom. The van der Waals surface area contributed by atoms with Crippen molar-refractivity contribution in [2.24, 2.45) is 7.05 Å². The highest BCUT2D eigenvalue weighted by atomic mass is 32.1. The van der Waals surface area contributed by atoms with Gasteiger partial charge in [0, 0.05) is 16.8 Å². The number of thiophene rings is 1. The van der Waals surface area contributed by atoms with Gasteiger partial charge < -0.3 is 5.32 Å². The first kappa shape index (κ1) is 12.1. The van der Waals surface area contributed by atoms with Crippen molar-refractivity contribution in [3.05, 3.63) is 33.9 Å². The average molecular weight is 273 g/mol. The number of nitrogens with one attached hydrogen (secondary N) is 1. The minimum Gasteiger partial charge on any atom is -0.364 e. The van der Waals surface area contributed by atoms with E-state index in [-0.39, 0.29) is 0 Å². The standard InChI is InChI=1S/C13H15N5S/c1-8-4-10(19-9(8)2)5-14-12-11-6-17-18(3)13(11)16-7-15-12/h4,6-7H,5H2,1-3H3,(H,14,15,16). The summed E-state index contributed by atoms with van der Waals surface area (Å²) >= 11 is 1.82. The van der Waals surface area contributed by atoms with Crippen molar-refractivity contribution >= 4 is 28.2 Å². The van der Waals surface area contributed by atoms with Crippen LogP contribution in [0.1, 0.15) is 15.3 Å². The van der Waals surface area contributed by atoms with Crippen molar-refractivity contribution in [1.29, 1.82) is 0 Å². The Kier molecular flexibility index (Phi) is 2.94. The van der Waals surface area contributed by atoms with Crippen LogP contribution < -0.4 is 5.32 Å². The molecule has 0 bridgehead atoms. The van der Waals surface area contributed by atoms with Crippen LogP contribution >= 0.6 is 11.3 Å². The molecule has 0 saturated carbocycles. The molecule has 3 aromatic heterocycles. The minimum atomic E-state index is 0.778. The van der Waals surface area contributed by atoms with Crippen LogP contribution in [0.15, 0.2) is 18.6 Å². The van der Waals surface area contributed by atoms with Crippen LogP contribution in [0.3, 0.4) is 0 Å². The summed E-state index contributed by atoms with van der Waals surface area (Å²) in [6.45, 7) is 5.06. The monoisotopic (exact) mass is 273 g/mol. The molecule has 0 atom stereocenters. The maximum Gasteiger partial charge on any atom is 0.163 e. The zero-order valence-corrected chi connectivity index (χ0v) is 12.0. The molecule has 19 heavy (non-hydrogen) atoms. The lowest BCUT2D eigenvalue weighted by Crippen LogP contribution is -2.01. The Hall–Kier alpha value is -1.95. The second kappa shape index (κ2) is 4.62. The summed E-state index contributed by atoms with van der Waals surface area (Å²) < 4.78 is 1.75. The van der Waals surface area contributed by atoms with Crippen LogP contribution in [0.2, 0.25) is 0 Å². The first-order valence-electron chi connectivity index (χ1n) is 6.07. The van der Waals surface area contributed by atoms with E-state index in [0.29, 0.717) is 0 Å². The van der Waals surface area contributed by atoms with Gasteiger partial charge in [-0.15, -0.1) is 11.3 Å². The van der Waals surface area contributed by atoms with Crippen LogP contribution in [0, 0.1) is 13.8 Å². The van der Waals surface area contributed by atoms with Gasteiger partial charge in [-0.25, -0.2) is 9.97 Å². The molecule has 98 valence electrons. The van der Waals surface area contributed by atoms with Crippen molar-refractivity contribution < 1.29 is 0 Å². The smallest absolute Gasteiger partial charge is 0.163 e. The molecule has 0 spiro atoms. The topological polar surface area (TPSA) is 55.6 Å². The van der Waals surface area contributed by atoms with E-state index in [1.807, 2.05) is 18.4 Å². The molecular weight excluding hydrogens is 258 g/mol. The SMILES string of the molecule is Cc1cc(CNc2ncnc3c2cnn3C)sc1C. The van der Waals surface area contributed by atoms with E-state index in [0.717, 1.165) is 23.4 Å². The number of aromatic nitrogens is 4. The van der Waals surface area contributed by atoms with Crippen LogP contribution in [0.25, 0.3) is 11.0 Å². The first-order valence-corrected chi connectivity index (χ1v) is 6.89. The van der Waals surface area contributed by atoms with Gasteiger partial charge in [0.15, 0.2) is 5.65 Å². The zero-order valence-electron chi connectivity index (χ0n) is 11.1. The molecule has 3 aromatic rings. The molecule has 0 aliphatic rings. The Labute approximate surface area is 115 Å². The molecular formula is C13H15N5S. The summed E-state index contributed by atoms with van der Waals surface area (Å²) in [7, 11) is 1.88. The molecule has 0 aliphatic carbocycles. The van der Waals surface area contributed by atoms with Gasteiger partial charge in [-0.3, -0.25) is 4.68 Å². The Morgan fingerprint density at radius 3 is 2.89 bits per heavy atom. The van der Waals surface area contributed by atoms with E-state index in [9.17, 15) is 0 Å². The van der Waals surface area contributed by atoms with Crippen LogP contribution in [-0.4, -0.2) is 19.7 Å². The molecule has 0 radical (unpaired) electrons. The lowest BCUT2D eigenvalue weighted by molar-refractivity contribution is 0.785. The van der Waals surface area contributed by atoms with E-state index >= 15 is 0 Å². The van der Waals surface area contributed by atoms with Crippen LogP contribution in [0.4, 0.5) is 5.82 Å². The predicted octanol–water partition coefficient (Wildman–Crippen LogP) is 2.65. The van der Waals surface area contributed by atoms with Gasteiger partial charge in [0.25, 0.3) is 0 Å². The molecule has 6 heteroatoms. The molecule has 5 nitrogen and oxygen atoms in total. The summed E-state index contributed by atoms with van der Waals surface area (Å²) in [4.78, 5) is 11.2. The highest BCUT2D eigenvalue weighted by Gasteiger charge is 2.08. The molecule has 0 unspecified atom stereocenters. The summed E-state index contributed by atoms with van der Waals surface area (Å²) in [6.07, 6.45) is 3.36. The zero-order chi connectivity index (χ0) is 13.4. The minimum absolute atomic E-state index is 0.778. The molecule has 0 saturated heterocycles. The lowest BCUT2D eigenvalue weighted by atomic mass is 10.3. The molecule has 0 amide bonds. The van der Waals surface area contributed by atoms with Crippen LogP contribution in [0.5, 0.6) is 0 Å². The fourth-order valence-corrected chi connectivity index (χ4v) is 3.00. The van der Waals surface area contributed by atoms with Crippen molar-refractivity contribution in [2.45, 2.75) is 20.4 Å². The van der Waals surface area contributed by atoms with Gasteiger partial charge in [0.2, 0.25) is 0 Å². The van der Waals surface area contributed by atoms with Crippen molar-refractivity contribution in [2.75, 3.05) is 5.32 Å². The molecule has 0 aliphatic heterocycles. The van der Waals surface area contributed by atoms with E-state index < -0.39 is 0 Å². The second-order valence-corrected chi connectivity index (χ2v) is 5.87. The summed E-state index contributed by atoms with van der Waals surface area (Å²) in [5.74, 6) is 0.835.